The fraction of sp³-hybridized carbons (Fsp3) is 0.250. The monoisotopic (exact) mass is 356 g/mol. The van der Waals surface area contributed by atoms with Gasteiger partial charge >= 0.3 is 5.97 Å². The molecule has 24 heavy (non-hydrogen) atoms. The minimum absolute atomic E-state index is 0.0361. The van der Waals surface area contributed by atoms with Gasteiger partial charge in [0.2, 0.25) is 0 Å². The zero-order valence-corrected chi connectivity index (χ0v) is 13.8. The average Bonchev–Trinajstić information content (AvgIpc) is 2.85. The molecule has 0 saturated carbocycles. The van der Waals surface area contributed by atoms with Crippen molar-refractivity contribution >= 4 is 23.6 Å². The Morgan fingerprint density at radius 3 is 2.62 bits per heavy atom. The van der Waals surface area contributed by atoms with Gasteiger partial charge in [-0.2, -0.15) is 5.10 Å². The number of aromatic nitrogens is 2. The third-order valence-corrected chi connectivity index (χ3v) is 3.53. The number of methoxy groups -OCH3 is 1. The van der Waals surface area contributed by atoms with E-state index in [1.54, 1.807) is 6.92 Å². The van der Waals surface area contributed by atoms with Crippen LogP contribution in [0.25, 0.3) is 6.08 Å². The van der Waals surface area contributed by atoms with Gasteiger partial charge in [-0.05, 0) is 25.1 Å². The third kappa shape index (κ3) is 3.73. The van der Waals surface area contributed by atoms with E-state index in [9.17, 15) is 13.6 Å². The SMILES string of the molecule is CCOC(=O)c1nn(Cc2c(F)cccc2F)c(Cl)c1C=COC. The maximum absolute atomic E-state index is 13.8. The van der Waals surface area contributed by atoms with Crippen molar-refractivity contribution in [2.24, 2.45) is 0 Å². The lowest BCUT2D eigenvalue weighted by Crippen LogP contribution is -2.10. The fourth-order valence-corrected chi connectivity index (χ4v) is 2.28. The number of carbonyl (C=O) groups is 1. The number of esters is 1. The van der Waals surface area contributed by atoms with E-state index in [-0.39, 0.29) is 35.1 Å². The molecular weight excluding hydrogens is 342 g/mol. The van der Waals surface area contributed by atoms with Gasteiger partial charge in [-0.1, -0.05) is 17.7 Å². The molecule has 0 amide bonds. The van der Waals surface area contributed by atoms with E-state index in [1.807, 2.05) is 0 Å². The minimum atomic E-state index is -0.728. The van der Waals surface area contributed by atoms with Crippen molar-refractivity contribution in [1.29, 1.82) is 0 Å². The van der Waals surface area contributed by atoms with Crippen molar-refractivity contribution in [2.75, 3.05) is 13.7 Å². The van der Waals surface area contributed by atoms with E-state index < -0.39 is 17.6 Å². The van der Waals surface area contributed by atoms with E-state index in [1.165, 1.54) is 25.5 Å². The van der Waals surface area contributed by atoms with Crippen molar-refractivity contribution in [2.45, 2.75) is 13.5 Å². The van der Waals surface area contributed by atoms with Crippen LogP contribution in [-0.2, 0) is 16.0 Å². The number of nitrogens with zero attached hydrogens (tertiary/aromatic N) is 2. The number of rotatable bonds is 6. The second-order valence-corrected chi connectivity index (χ2v) is 5.03. The molecule has 1 heterocycles. The van der Waals surface area contributed by atoms with Gasteiger partial charge in [-0.25, -0.2) is 18.3 Å². The quantitative estimate of drug-likeness (QED) is 0.585. The third-order valence-electron chi connectivity index (χ3n) is 3.13. The number of ether oxygens (including phenoxy) is 2. The number of halogens is 3. The number of carbonyl (C=O) groups excluding carboxylic acids is 1. The van der Waals surface area contributed by atoms with Gasteiger partial charge in [0.25, 0.3) is 0 Å². The van der Waals surface area contributed by atoms with Gasteiger partial charge in [0.1, 0.15) is 16.8 Å². The van der Waals surface area contributed by atoms with E-state index in [2.05, 4.69) is 5.10 Å². The Labute approximate surface area is 142 Å². The second kappa shape index (κ2) is 7.92. The Bertz CT molecular complexity index is 755. The van der Waals surface area contributed by atoms with Crippen LogP contribution in [0, 0.1) is 11.6 Å². The van der Waals surface area contributed by atoms with Crippen molar-refractivity contribution in [1.82, 2.24) is 9.78 Å². The van der Waals surface area contributed by atoms with Crippen LogP contribution in [0.1, 0.15) is 28.5 Å². The Morgan fingerprint density at radius 2 is 2.04 bits per heavy atom. The van der Waals surface area contributed by atoms with Gasteiger partial charge in [-0.15, -0.1) is 0 Å². The zero-order valence-electron chi connectivity index (χ0n) is 13.1. The molecular formula is C16H15ClF2N2O3. The van der Waals surface area contributed by atoms with Crippen molar-refractivity contribution in [3.63, 3.8) is 0 Å². The van der Waals surface area contributed by atoms with E-state index in [0.717, 1.165) is 16.8 Å². The summed E-state index contributed by atoms with van der Waals surface area (Å²) in [5.74, 6) is -2.15. The molecule has 0 unspecified atom stereocenters. The average molecular weight is 357 g/mol. The Hall–Kier alpha value is -2.41. The summed E-state index contributed by atoms with van der Waals surface area (Å²) in [6.45, 7) is 1.53. The van der Waals surface area contributed by atoms with Crippen LogP contribution in [0.15, 0.2) is 24.5 Å². The fourth-order valence-electron chi connectivity index (χ4n) is 2.03. The molecule has 0 atom stereocenters. The summed E-state index contributed by atoms with van der Waals surface area (Å²) < 4.78 is 38.5. The molecule has 8 heteroatoms. The van der Waals surface area contributed by atoms with E-state index >= 15 is 0 Å². The molecule has 0 bridgehead atoms. The van der Waals surface area contributed by atoms with Crippen LogP contribution in [0.3, 0.4) is 0 Å². The van der Waals surface area contributed by atoms with Crippen LogP contribution in [0.5, 0.6) is 0 Å². The Morgan fingerprint density at radius 1 is 1.38 bits per heavy atom. The lowest BCUT2D eigenvalue weighted by Gasteiger charge is -2.06. The highest BCUT2D eigenvalue weighted by Gasteiger charge is 2.23. The summed E-state index contributed by atoms with van der Waals surface area (Å²) in [4.78, 5) is 12.0. The van der Waals surface area contributed by atoms with Gasteiger partial charge in [0, 0.05) is 11.1 Å². The molecule has 0 fully saturated rings. The van der Waals surface area contributed by atoms with Gasteiger partial charge in [-0.3, -0.25) is 0 Å². The Balaban J connectivity index is 2.47. The summed E-state index contributed by atoms with van der Waals surface area (Å²) in [5.41, 5.74) is -0.0276. The standard InChI is InChI=1S/C16H15ClF2N2O3/c1-3-24-16(22)14-10(7-8-23-2)15(17)21(20-14)9-11-12(18)5-4-6-13(11)19/h4-8H,3,9H2,1-2H3. The van der Waals surface area contributed by atoms with E-state index in [0.29, 0.717) is 0 Å². The van der Waals surface area contributed by atoms with Crippen molar-refractivity contribution in [3.05, 3.63) is 58.1 Å². The normalized spacial score (nSPS) is 11.0. The van der Waals surface area contributed by atoms with Gasteiger partial charge in [0.05, 0.1) is 26.5 Å². The van der Waals surface area contributed by atoms with Gasteiger partial charge < -0.3 is 9.47 Å². The van der Waals surface area contributed by atoms with Crippen LogP contribution in [-0.4, -0.2) is 29.5 Å². The summed E-state index contributed by atoms with van der Waals surface area (Å²) in [6, 6.07) is 3.53. The number of benzene rings is 1. The number of hydrogen-bond acceptors (Lipinski definition) is 4. The van der Waals surface area contributed by atoms with Gasteiger partial charge in [0.15, 0.2) is 5.69 Å². The second-order valence-electron chi connectivity index (χ2n) is 4.67. The van der Waals surface area contributed by atoms with Crippen molar-refractivity contribution < 1.29 is 23.0 Å². The molecule has 2 rings (SSSR count). The summed E-state index contributed by atoms with van der Waals surface area (Å²) in [7, 11) is 1.42. The maximum Gasteiger partial charge on any atom is 0.359 e. The summed E-state index contributed by atoms with van der Waals surface area (Å²) >= 11 is 6.21. The summed E-state index contributed by atoms with van der Waals surface area (Å²) in [5, 5.41) is 4.06. The van der Waals surface area contributed by atoms with Crippen LogP contribution in [0.4, 0.5) is 8.78 Å². The number of hydrogen-bond donors (Lipinski definition) is 0. The first-order valence-corrected chi connectivity index (χ1v) is 7.43. The predicted molar refractivity (Wildman–Crippen MR) is 84.7 cm³/mol. The zero-order chi connectivity index (χ0) is 17.7. The lowest BCUT2D eigenvalue weighted by molar-refractivity contribution is 0.0518. The molecule has 2 aromatic rings. The first-order chi connectivity index (χ1) is 11.5. The van der Waals surface area contributed by atoms with E-state index in [4.69, 9.17) is 21.1 Å². The molecule has 0 aliphatic heterocycles. The molecule has 0 saturated heterocycles. The van der Waals surface area contributed by atoms with Crippen molar-refractivity contribution in [3.8, 4) is 0 Å². The topological polar surface area (TPSA) is 53.3 Å². The lowest BCUT2D eigenvalue weighted by atomic mass is 10.2. The highest BCUT2D eigenvalue weighted by atomic mass is 35.5. The highest BCUT2D eigenvalue weighted by Crippen LogP contribution is 2.25. The predicted octanol–water partition coefficient (Wildman–Crippen LogP) is 3.66. The van der Waals surface area contributed by atoms with Crippen LogP contribution in [0.2, 0.25) is 5.15 Å². The molecule has 0 N–H and O–H groups in total. The van der Waals surface area contributed by atoms with Crippen LogP contribution < -0.4 is 0 Å². The first-order valence-electron chi connectivity index (χ1n) is 7.05. The molecule has 0 radical (unpaired) electrons. The largest absolute Gasteiger partial charge is 0.504 e. The Kier molecular flexibility index (Phi) is 5.92. The molecule has 0 aliphatic carbocycles. The summed E-state index contributed by atoms with van der Waals surface area (Å²) in [6.07, 6.45) is 2.73. The maximum atomic E-state index is 13.8. The molecule has 0 aliphatic rings. The highest BCUT2D eigenvalue weighted by molar-refractivity contribution is 6.31. The minimum Gasteiger partial charge on any atom is -0.504 e. The first kappa shape index (κ1) is 17.9. The molecule has 128 valence electrons. The van der Waals surface area contributed by atoms with Crippen LogP contribution >= 0.6 is 11.6 Å². The smallest absolute Gasteiger partial charge is 0.359 e. The molecule has 1 aromatic heterocycles. The molecule has 1 aromatic carbocycles. The molecule has 5 nitrogen and oxygen atoms in total. The molecule has 0 spiro atoms.